The molecule has 0 unspecified atom stereocenters. The molecular weight excluding hydrogens is 328 g/mol. The smallest absolute Gasteiger partial charge is 0.271 e. The molecule has 0 bridgehead atoms. The Bertz CT molecular complexity index is 653. The average molecular weight is 339 g/mol. The van der Waals surface area contributed by atoms with Crippen LogP contribution >= 0.6 is 28.1 Å². The second-order valence-corrected chi connectivity index (χ2v) is 5.05. The summed E-state index contributed by atoms with van der Waals surface area (Å²) in [5.74, 6) is -0.224. The highest BCUT2D eigenvalue weighted by atomic mass is 79.9. The average Bonchev–Trinajstić information content (AvgIpc) is 2.86. The number of aromatic nitrogens is 2. The summed E-state index contributed by atoms with van der Waals surface area (Å²) in [6, 6.07) is 7.13. The molecule has 1 amide bonds. The van der Waals surface area contributed by atoms with E-state index in [-0.39, 0.29) is 5.91 Å². The number of nitrogens with two attached hydrogens (primary N) is 1. The zero-order chi connectivity index (χ0) is 14.0. The molecule has 0 atom stereocenters. The van der Waals surface area contributed by atoms with E-state index >= 15 is 0 Å². The number of thiocarbonyl (C=S) groups is 1. The Morgan fingerprint density at radius 2 is 2.21 bits per heavy atom. The van der Waals surface area contributed by atoms with E-state index in [0.717, 1.165) is 15.7 Å². The van der Waals surface area contributed by atoms with Gasteiger partial charge in [0.2, 0.25) is 0 Å². The van der Waals surface area contributed by atoms with Gasteiger partial charge in [-0.25, -0.2) is 4.68 Å². The fraction of sp³-hybridized carbons (Fsp3) is 0.0833. The van der Waals surface area contributed by atoms with Crippen LogP contribution < -0.4 is 11.1 Å². The van der Waals surface area contributed by atoms with Crippen LogP contribution in [0.25, 0.3) is 5.69 Å². The molecule has 3 N–H and O–H groups in total. The summed E-state index contributed by atoms with van der Waals surface area (Å²) in [6.45, 7) is 0. The van der Waals surface area contributed by atoms with E-state index in [9.17, 15) is 4.79 Å². The highest BCUT2D eigenvalue weighted by molar-refractivity contribution is 9.10. The second-order valence-electron chi connectivity index (χ2n) is 3.75. The molecule has 2 aromatic rings. The molecular formula is C12H11BrN4OS. The summed E-state index contributed by atoms with van der Waals surface area (Å²) < 4.78 is 2.40. The number of rotatable bonds is 3. The van der Waals surface area contributed by atoms with Crippen LogP contribution in [-0.2, 0) is 0 Å². The lowest BCUT2D eigenvalue weighted by molar-refractivity contribution is 0.0958. The van der Waals surface area contributed by atoms with Crippen LogP contribution in [0.5, 0.6) is 0 Å². The normalized spacial score (nSPS) is 10.2. The summed E-state index contributed by atoms with van der Waals surface area (Å²) in [6.07, 6.45) is 1.72. The van der Waals surface area contributed by atoms with Crippen molar-refractivity contribution >= 4 is 39.0 Å². The van der Waals surface area contributed by atoms with Crippen molar-refractivity contribution in [3.8, 4) is 5.69 Å². The number of benzene rings is 1. The van der Waals surface area contributed by atoms with E-state index in [4.69, 9.17) is 18.0 Å². The first-order chi connectivity index (χ1) is 9.02. The Labute approximate surface area is 123 Å². The molecule has 0 aliphatic heterocycles. The van der Waals surface area contributed by atoms with Crippen molar-refractivity contribution in [2.45, 2.75) is 0 Å². The fourth-order valence-electron chi connectivity index (χ4n) is 1.56. The summed E-state index contributed by atoms with van der Waals surface area (Å²) in [4.78, 5) is 11.8. The number of nitrogens with zero attached hydrogens (tertiary/aromatic N) is 2. The van der Waals surface area contributed by atoms with Crippen LogP contribution in [0.4, 0.5) is 0 Å². The molecule has 0 saturated carbocycles. The van der Waals surface area contributed by atoms with Gasteiger partial charge in [-0.3, -0.25) is 4.79 Å². The largest absolute Gasteiger partial charge is 0.389 e. The minimum atomic E-state index is -0.224. The third kappa shape index (κ3) is 2.82. The lowest BCUT2D eigenvalue weighted by atomic mass is 10.2. The molecule has 7 heteroatoms. The van der Waals surface area contributed by atoms with Crippen LogP contribution in [0.15, 0.2) is 34.9 Å². The van der Waals surface area contributed by atoms with Crippen LogP contribution in [0.3, 0.4) is 0 Å². The molecule has 2 rings (SSSR count). The van der Waals surface area contributed by atoms with Gasteiger partial charge in [0.15, 0.2) is 5.69 Å². The van der Waals surface area contributed by atoms with Crippen LogP contribution in [0.2, 0.25) is 0 Å². The summed E-state index contributed by atoms with van der Waals surface area (Å²) in [5.41, 5.74) is 7.52. The van der Waals surface area contributed by atoms with E-state index in [2.05, 4.69) is 26.3 Å². The lowest BCUT2D eigenvalue weighted by Gasteiger charge is -2.06. The van der Waals surface area contributed by atoms with Gasteiger partial charge < -0.3 is 11.1 Å². The minimum absolute atomic E-state index is 0.224. The molecule has 0 spiro atoms. The first-order valence-electron chi connectivity index (χ1n) is 5.40. The standard InChI is InChI=1S/C12H11BrN4OS/c1-15-12(18)10-4-5-17(16-10)7-2-3-8(11(14)19)9(13)6-7/h2-6H,1H3,(H2,14,19)(H,15,18). The van der Waals surface area contributed by atoms with Crippen molar-refractivity contribution in [2.24, 2.45) is 5.73 Å². The summed E-state index contributed by atoms with van der Waals surface area (Å²) >= 11 is 8.34. The van der Waals surface area contributed by atoms with Crippen LogP contribution in [-0.4, -0.2) is 27.7 Å². The topological polar surface area (TPSA) is 72.9 Å². The van der Waals surface area contributed by atoms with Crippen molar-refractivity contribution in [3.05, 3.63) is 46.2 Å². The van der Waals surface area contributed by atoms with Gasteiger partial charge >= 0.3 is 0 Å². The zero-order valence-electron chi connectivity index (χ0n) is 10.1. The SMILES string of the molecule is CNC(=O)c1ccn(-c2ccc(C(N)=S)c(Br)c2)n1. The molecule has 5 nitrogen and oxygen atoms in total. The Hall–Kier alpha value is -1.73. The highest BCUT2D eigenvalue weighted by Gasteiger charge is 2.09. The van der Waals surface area contributed by atoms with Gasteiger partial charge in [0.25, 0.3) is 5.91 Å². The maximum Gasteiger partial charge on any atom is 0.271 e. The summed E-state index contributed by atoms with van der Waals surface area (Å²) in [5, 5.41) is 6.71. The molecule has 19 heavy (non-hydrogen) atoms. The number of nitrogens with one attached hydrogen (secondary N) is 1. The third-order valence-electron chi connectivity index (χ3n) is 2.53. The highest BCUT2D eigenvalue weighted by Crippen LogP contribution is 2.20. The van der Waals surface area contributed by atoms with Crippen molar-refractivity contribution in [1.82, 2.24) is 15.1 Å². The predicted molar refractivity (Wildman–Crippen MR) is 80.5 cm³/mol. The Balaban J connectivity index is 2.37. The molecule has 0 aliphatic carbocycles. The first-order valence-corrected chi connectivity index (χ1v) is 6.60. The van der Waals surface area contributed by atoms with E-state index in [1.165, 1.54) is 0 Å². The van der Waals surface area contributed by atoms with E-state index in [1.54, 1.807) is 24.0 Å². The molecule has 0 aliphatic rings. The van der Waals surface area contributed by atoms with Gasteiger partial charge in [-0.1, -0.05) is 12.2 Å². The zero-order valence-corrected chi connectivity index (χ0v) is 12.5. The van der Waals surface area contributed by atoms with Crippen molar-refractivity contribution in [3.63, 3.8) is 0 Å². The molecule has 98 valence electrons. The van der Waals surface area contributed by atoms with Gasteiger partial charge in [0.05, 0.1) is 5.69 Å². The first kappa shape index (κ1) is 13.7. The van der Waals surface area contributed by atoms with E-state index in [0.29, 0.717) is 10.7 Å². The molecule has 0 radical (unpaired) electrons. The van der Waals surface area contributed by atoms with E-state index < -0.39 is 0 Å². The van der Waals surface area contributed by atoms with Gasteiger partial charge in [-0.15, -0.1) is 0 Å². The minimum Gasteiger partial charge on any atom is -0.389 e. The monoisotopic (exact) mass is 338 g/mol. The summed E-state index contributed by atoms with van der Waals surface area (Å²) in [7, 11) is 1.56. The van der Waals surface area contributed by atoms with Gasteiger partial charge in [-0.05, 0) is 40.2 Å². The van der Waals surface area contributed by atoms with Crippen molar-refractivity contribution in [1.29, 1.82) is 0 Å². The third-order valence-corrected chi connectivity index (χ3v) is 3.41. The Morgan fingerprint density at radius 3 is 2.79 bits per heavy atom. The van der Waals surface area contributed by atoms with Gasteiger partial charge in [0, 0.05) is 23.3 Å². The molecule has 0 saturated heterocycles. The number of hydrogen-bond donors (Lipinski definition) is 2. The van der Waals surface area contributed by atoms with Gasteiger partial charge in [0.1, 0.15) is 4.99 Å². The Kier molecular flexibility index (Phi) is 3.96. The number of hydrogen-bond acceptors (Lipinski definition) is 3. The number of carbonyl (C=O) groups excluding carboxylic acids is 1. The number of halogens is 1. The van der Waals surface area contributed by atoms with Crippen molar-refractivity contribution in [2.75, 3.05) is 7.05 Å². The lowest BCUT2D eigenvalue weighted by Crippen LogP contribution is -2.18. The van der Waals surface area contributed by atoms with Crippen LogP contribution in [0, 0.1) is 0 Å². The maximum atomic E-state index is 11.4. The number of amides is 1. The number of carbonyl (C=O) groups is 1. The molecule has 1 aromatic carbocycles. The quantitative estimate of drug-likeness (QED) is 0.834. The molecule has 1 heterocycles. The maximum absolute atomic E-state index is 11.4. The Morgan fingerprint density at radius 1 is 1.47 bits per heavy atom. The fourth-order valence-corrected chi connectivity index (χ4v) is 2.45. The van der Waals surface area contributed by atoms with Crippen molar-refractivity contribution < 1.29 is 4.79 Å². The van der Waals surface area contributed by atoms with Crippen LogP contribution in [0.1, 0.15) is 16.1 Å². The second kappa shape index (κ2) is 5.50. The van der Waals surface area contributed by atoms with E-state index in [1.807, 2.05) is 18.2 Å². The molecule has 1 aromatic heterocycles. The molecule has 0 fully saturated rings. The predicted octanol–water partition coefficient (Wildman–Crippen LogP) is 1.63. The van der Waals surface area contributed by atoms with Gasteiger partial charge in [-0.2, -0.15) is 5.10 Å².